The second kappa shape index (κ2) is 8.61. The average molecular weight is 351 g/mol. The highest BCUT2D eigenvalue weighted by molar-refractivity contribution is 6.31. The van der Waals surface area contributed by atoms with Gasteiger partial charge in [-0.3, -0.25) is 4.79 Å². The lowest BCUT2D eigenvalue weighted by Gasteiger charge is -2.10. The number of pyridine rings is 1. The SMILES string of the molecule is CN(C)CCCNC(=O)c1ccc(Nc2ccc(F)c(Cl)c2)cn1. The molecule has 5 nitrogen and oxygen atoms in total. The number of carbonyl (C=O) groups excluding carboxylic acids is 1. The minimum Gasteiger partial charge on any atom is -0.354 e. The van der Waals surface area contributed by atoms with Crippen LogP contribution in [0.3, 0.4) is 0 Å². The molecule has 0 fully saturated rings. The predicted molar refractivity (Wildman–Crippen MR) is 94.4 cm³/mol. The maximum absolute atomic E-state index is 13.1. The molecule has 1 aromatic heterocycles. The zero-order valence-corrected chi connectivity index (χ0v) is 14.4. The van der Waals surface area contributed by atoms with Crippen molar-refractivity contribution in [3.63, 3.8) is 0 Å². The van der Waals surface area contributed by atoms with Crippen molar-refractivity contribution in [3.05, 3.63) is 53.1 Å². The van der Waals surface area contributed by atoms with Gasteiger partial charge in [0.15, 0.2) is 0 Å². The summed E-state index contributed by atoms with van der Waals surface area (Å²) in [4.78, 5) is 18.2. The first-order valence-electron chi connectivity index (χ1n) is 7.57. The summed E-state index contributed by atoms with van der Waals surface area (Å²) in [6.45, 7) is 1.52. The van der Waals surface area contributed by atoms with Crippen LogP contribution in [-0.4, -0.2) is 43.0 Å². The topological polar surface area (TPSA) is 57.3 Å². The fourth-order valence-electron chi connectivity index (χ4n) is 2.03. The van der Waals surface area contributed by atoms with Crippen LogP contribution in [0.1, 0.15) is 16.9 Å². The molecule has 2 rings (SSSR count). The number of hydrogen-bond acceptors (Lipinski definition) is 4. The van der Waals surface area contributed by atoms with E-state index in [1.807, 2.05) is 14.1 Å². The van der Waals surface area contributed by atoms with Crippen LogP contribution in [-0.2, 0) is 0 Å². The minimum atomic E-state index is -0.471. The molecule has 1 aromatic carbocycles. The molecule has 0 aliphatic carbocycles. The maximum atomic E-state index is 13.1. The van der Waals surface area contributed by atoms with E-state index in [0.717, 1.165) is 13.0 Å². The molecule has 1 amide bonds. The first-order valence-corrected chi connectivity index (χ1v) is 7.94. The van der Waals surface area contributed by atoms with Crippen LogP contribution >= 0.6 is 11.6 Å². The molecule has 2 aromatic rings. The molecule has 128 valence electrons. The first-order chi connectivity index (χ1) is 11.5. The van der Waals surface area contributed by atoms with Gasteiger partial charge in [-0.15, -0.1) is 0 Å². The molecule has 0 radical (unpaired) electrons. The number of rotatable bonds is 7. The molecule has 0 saturated heterocycles. The summed E-state index contributed by atoms with van der Waals surface area (Å²) in [5.41, 5.74) is 1.67. The lowest BCUT2D eigenvalue weighted by molar-refractivity contribution is 0.0947. The number of carbonyl (C=O) groups is 1. The number of amides is 1. The molecule has 0 spiro atoms. The maximum Gasteiger partial charge on any atom is 0.269 e. The van der Waals surface area contributed by atoms with Gasteiger partial charge in [0.05, 0.1) is 16.9 Å². The molecule has 0 bridgehead atoms. The van der Waals surface area contributed by atoms with Gasteiger partial charge in [0.2, 0.25) is 0 Å². The second-order valence-corrected chi connectivity index (χ2v) is 6.01. The lowest BCUT2D eigenvalue weighted by atomic mass is 10.2. The fourth-order valence-corrected chi connectivity index (χ4v) is 2.21. The van der Waals surface area contributed by atoms with Crippen molar-refractivity contribution >= 4 is 28.9 Å². The number of anilines is 2. The average Bonchev–Trinajstić information content (AvgIpc) is 2.55. The zero-order chi connectivity index (χ0) is 17.5. The van der Waals surface area contributed by atoms with Gasteiger partial charge in [0, 0.05) is 12.2 Å². The van der Waals surface area contributed by atoms with Gasteiger partial charge in [-0.2, -0.15) is 0 Å². The fraction of sp³-hybridized carbons (Fsp3) is 0.294. The third-order valence-corrected chi connectivity index (χ3v) is 3.56. The van der Waals surface area contributed by atoms with Crippen molar-refractivity contribution in [1.29, 1.82) is 0 Å². The quantitative estimate of drug-likeness (QED) is 0.752. The molecule has 0 atom stereocenters. The summed E-state index contributed by atoms with van der Waals surface area (Å²) >= 11 is 5.74. The normalized spacial score (nSPS) is 10.7. The molecule has 2 N–H and O–H groups in total. The number of aromatic nitrogens is 1. The zero-order valence-electron chi connectivity index (χ0n) is 13.6. The van der Waals surface area contributed by atoms with E-state index in [1.165, 1.54) is 12.1 Å². The summed E-state index contributed by atoms with van der Waals surface area (Å²) in [7, 11) is 3.98. The van der Waals surface area contributed by atoms with Crippen LogP contribution in [0.2, 0.25) is 5.02 Å². The predicted octanol–water partition coefficient (Wildman–Crippen LogP) is 3.30. The Morgan fingerprint density at radius 1 is 1.25 bits per heavy atom. The van der Waals surface area contributed by atoms with E-state index in [0.29, 0.717) is 23.6 Å². The van der Waals surface area contributed by atoms with E-state index >= 15 is 0 Å². The smallest absolute Gasteiger partial charge is 0.269 e. The Morgan fingerprint density at radius 2 is 2.00 bits per heavy atom. The summed E-state index contributed by atoms with van der Waals surface area (Å²) in [5.74, 6) is -0.674. The van der Waals surface area contributed by atoms with E-state index < -0.39 is 5.82 Å². The Kier molecular flexibility index (Phi) is 6.52. The summed E-state index contributed by atoms with van der Waals surface area (Å²) < 4.78 is 13.1. The van der Waals surface area contributed by atoms with E-state index in [-0.39, 0.29) is 10.9 Å². The highest BCUT2D eigenvalue weighted by Gasteiger charge is 2.07. The van der Waals surface area contributed by atoms with Gasteiger partial charge in [-0.05, 0) is 57.4 Å². The molecular weight excluding hydrogens is 331 g/mol. The largest absolute Gasteiger partial charge is 0.354 e. The Labute approximate surface area is 145 Å². The number of nitrogens with one attached hydrogen (secondary N) is 2. The van der Waals surface area contributed by atoms with E-state index in [4.69, 9.17) is 11.6 Å². The molecule has 0 saturated carbocycles. The lowest BCUT2D eigenvalue weighted by Crippen LogP contribution is -2.27. The van der Waals surface area contributed by atoms with Crippen molar-refractivity contribution in [3.8, 4) is 0 Å². The number of hydrogen-bond donors (Lipinski definition) is 2. The molecule has 0 aliphatic rings. The first kappa shape index (κ1) is 18.2. The van der Waals surface area contributed by atoms with Crippen molar-refractivity contribution in [2.24, 2.45) is 0 Å². The molecule has 24 heavy (non-hydrogen) atoms. The number of halogens is 2. The van der Waals surface area contributed by atoms with Gasteiger partial charge in [-0.1, -0.05) is 11.6 Å². The van der Waals surface area contributed by atoms with E-state index in [9.17, 15) is 9.18 Å². The molecule has 0 unspecified atom stereocenters. The van der Waals surface area contributed by atoms with Crippen LogP contribution in [0.15, 0.2) is 36.5 Å². The van der Waals surface area contributed by atoms with Crippen molar-refractivity contribution in [1.82, 2.24) is 15.2 Å². The highest BCUT2D eigenvalue weighted by atomic mass is 35.5. The van der Waals surface area contributed by atoms with Crippen LogP contribution in [0.25, 0.3) is 0 Å². The standard InChI is InChI=1S/C17H20ClFN4O/c1-23(2)9-3-8-20-17(24)16-7-5-13(11-21-16)22-12-4-6-15(19)14(18)10-12/h4-7,10-11,22H,3,8-9H2,1-2H3,(H,20,24). The second-order valence-electron chi connectivity index (χ2n) is 5.60. The molecule has 1 heterocycles. The van der Waals surface area contributed by atoms with Gasteiger partial charge < -0.3 is 15.5 Å². The summed E-state index contributed by atoms with van der Waals surface area (Å²) in [5, 5.41) is 5.92. The van der Waals surface area contributed by atoms with Crippen LogP contribution in [0.5, 0.6) is 0 Å². The van der Waals surface area contributed by atoms with E-state index in [1.54, 1.807) is 24.4 Å². The summed E-state index contributed by atoms with van der Waals surface area (Å²) in [6.07, 6.45) is 2.43. The molecular formula is C17H20ClFN4O. The van der Waals surface area contributed by atoms with Crippen LogP contribution in [0, 0.1) is 5.82 Å². The Balaban J connectivity index is 1.90. The third kappa shape index (κ3) is 5.47. The molecule has 0 aliphatic heterocycles. The van der Waals surface area contributed by atoms with Gasteiger partial charge in [0.25, 0.3) is 5.91 Å². The third-order valence-electron chi connectivity index (χ3n) is 3.27. The van der Waals surface area contributed by atoms with Crippen molar-refractivity contribution < 1.29 is 9.18 Å². The van der Waals surface area contributed by atoms with Crippen molar-refractivity contribution in [2.75, 3.05) is 32.5 Å². The van der Waals surface area contributed by atoms with E-state index in [2.05, 4.69) is 20.5 Å². The Hall–Kier alpha value is -2.18. The van der Waals surface area contributed by atoms with Gasteiger partial charge in [0.1, 0.15) is 11.5 Å². The number of nitrogens with zero attached hydrogens (tertiary/aromatic N) is 2. The minimum absolute atomic E-state index is 0.0432. The van der Waals surface area contributed by atoms with Crippen LogP contribution < -0.4 is 10.6 Å². The monoisotopic (exact) mass is 350 g/mol. The van der Waals surface area contributed by atoms with Gasteiger partial charge >= 0.3 is 0 Å². The van der Waals surface area contributed by atoms with Gasteiger partial charge in [-0.25, -0.2) is 9.37 Å². The highest BCUT2D eigenvalue weighted by Crippen LogP contribution is 2.22. The Morgan fingerprint density at radius 3 is 2.62 bits per heavy atom. The summed E-state index contributed by atoms with van der Waals surface area (Å²) in [6, 6.07) is 7.72. The Bertz CT molecular complexity index is 691. The number of benzene rings is 1. The van der Waals surface area contributed by atoms with Crippen molar-refractivity contribution in [2.45, 2.75) is 6.42 Å². The molecule has 7 heteroatoms. The van der Waals surface area contributed by atoms with Crippen LogP contribution in [0.4, 0.5) is 15.8 Å².